The van der Waals surface area contributed by atoms with Crippen molar-refractivity contribution in [2.45, 2.75) is 156 Å². The quantitative estimate of drug-likeness (QED) is 0.0532. The van der Waals surface area contributed by atoms with Crippen LogP contribution in [0.15, 0.2) is 12.7 Å². The van der Waals surface area contributed by atoms with Gasteiger partial charge in [-0.25, -0.2) is 0 Å². The molecule has 0 aromatic carbocycles. The van der Waals surface area contributed by atoms with Gasteiger partial charge in [0.05, 0.1) is 0 Å². The van der Waals surface area contributed by atoms with Crippen molar-refractivity contribution in [2.24, 2.45) is 22.7 Å². The number of nitrogens with zero attached hydrogens (tertiary/aromatic N) is 1. The van der Waals surface area contributed by atoms with Crippen LogP contribution in [0.2, 0.25) is 0 Å². The number of rotatable bonds is 14. The van der Waals surface area contributed by atoms with E-state index in [1.165, 1.54) is 6.08 Å². The molecule has 5 rings (SSSR count). The minimum atomic E-state index is -0.846. The van der Waals surface area contributed by atoms with Gasteiger partial charge in [-0.2, -0.15) is 10.5 Å². The Kier molecular flexibility index (Phi) is 13.0. The van der Waals surface area contributed by atoms with Crippen molar-refractivity contribution in [1.29, 1.82) is 0 Å². The number of nitrogens with one attached hydrogen (secondary N) is 4. The number of urea groups is 1. The maximum atomic E-state index is 15.0. The van der Waals surface area contributed by atoms with Gasteiger partial charge in [0.25, 0.3) is 0 Å². The number of ketones is 1. The van der Waals surface area contributed by atoms with E-state index in [-0.39, 0.29) is 62.4 Å². The van der Waals surface area contributed by atoms with E-state index in [1.54, 1.807) is 4.90 Å². The second-order valence-corrected chi connectivity index (χ2v) is 24.5. The Balaban J connectivity index is 1.39. The Hall–Kier alpha value is -1.96. The number of piperidine rings is 1. The first-order valence-electron chi connectivity index (χ1n) is 19.7. The van der Waals surface area contributed by atoms with Gasteiger partial charge >= 0.3 is 259 Å². The van der Waals surface area contributed by atoms with Gasteiger partial charge in [0, 0.05) is 4.75 Å². The molecule has 4 unspecified atom stereocenters. The monoisotopic (exact) mass is 854 g/mol. The first kappa shape index (κ1) is 41.2. The molecule has 6 atom stereocenters. The molecule has 10 nitrogen and oxygen atoms in total. The van der Waals surface area contributed by atoms with E-state index in [0.29, 0.717) is 10.5 Å². The summed E-state index contributed by atoms with van der Waals surface area (Å²) in [6, 6.07) is -1.85. The van der Waals surface area contributed by atoms with Crippen molar-refractivity contribution in [3.05, 3.63) is 12.7 Å². The fourth-order valence-electron chi connectivity index (χ4n) is 9.15. The van der Waals surface area contributed by atoms with Crippen LogP contribution in [0, 0.1) is 22.7 Å². The number of halogens is 1. The summed E-state index contributed by atoms with van der Waals surface area (Å²) in [6.45, 7) is 19.6. The molecule has 5 amide bonds. The van der Waals surface area contributed by atoms with E-state index >= 15 is 4.79 Å². The molecule has 0 bridgehead atoms. The third-order valence-corrected chi connectivity index (χ3v) is 19.5. The van der Waals surface area contributed by atoms with Crippen molar-refractivity contribution in [3.8, 4) is 0 Å². The van der Waals surface area contributed by atoms with Crippen molar-refractivity contribution >= 4 is 45.4 Å². The topological polar surface area (TPSA) is 137 Å². The number of Topliss-reactive ketones (excluding diaryl/α,β-unsaturated/α-hetero) is 1. The van der Waals surface area contributed by atoms with Gasteiger partial charge in [0.1, 0.15) is 0 Å². The standard InChI is InChI=1S/C40H65IN5O5S/c1-9-23-42-34(49)30(47)32(41-26-17-18-26)44-33(48)29-28-27(38(28,6)7)24-46(29)35(50)31(39(8)19-13-11-14-20-39)43-36(51)45-40(21-15-12-16-22-40)25-52(10-2)37(3,4)5/h9-10,26-29,31-32H,1,11-25H2,2-8H3,(H,42,49)(H,44,48)(H2,43,45,51)/q-1/t27?,28?,29-,31+,32?,52?/m0/s1. The molecule has 5 aliphatic rings. The van der Waals surface area contributed by atoms with Gasteiger partial charge in [-0.1, -0.05) is 45.4 Å². The summed E-state index contributed by atoms with van der Waals surface area (Å²) in [7, 11) is -0.00661. The molecular formula is C40H65IN5O5S-. The minimum absolute atomic E-state index is 0.00661. The van der Waals surface area contributed by atoms with Crippen LogP contribution in [0.1, 0.15) is 126 Å². The number of alkyl halides is 2. The molecule has 1 aliphatic heterocycles. The second-order valence-electron chi connectivity index (χ2n) is 17.9. The van der Waals surface area contributed by atoms with Gasteiger partial charge in [-0.3, -0.25) is 0 Å². The third kappa shape index (κ3) is 9.28. The van der Waals surface area contributed by atoms with Gasteiger partial charge in [0.2, 0.25) is 0 Å². The van der Waals surface area contributed by atoms with Crippen LogP contribution in [0.25, 0.3) is 0 Å². The molecule has 4 aliphatic carbocycles. The number of fused-ring (bicyclic) bond motifs is 1. The van der Waals surface area contributed by atoms with Crippen molar-refractivity contribution in [1.82, 2.24) is 26.2 Å². The third-order valence-electron chi connectivity index (χ3n) is 12.6. The van der Waals surface area contributed by atoms with Crippen LogP contribution in [-0.2, 0) is 19.2 Å². The molecule has 0 radical (unpaired) electrons. The summed E-state index contributed by atoms with van der Waals surface area (Å²) < 4.78 is -0.362. The Morgan fingerprint density at radius 2 is 1.56 bits per heavy atom. The normalized spacial score (nSPS) is 27.8. The van der Waals surface area contributed by atoms with E-state index in [1.807, 2.05) is 0 Å². The molecule has 0 aromatic rings. The first-order valence-corrected chi connectivity index (χ1v) is 23.6. The molecule has 1 heterocycles. The van der Waals surface area contributed by atoms with Crippen LogP contribution >= 0.6 is 10.5 Å². The fraction of sp³-hybridized carbons (Fsp3) is 0.800. The van der Waals surface area contributed by atoms with Gasteiger partial charge < -0.3 is 0 Å². The number of amides is 5. The summed E-state index contributed by atoms with van der Waals surface area (Å²) in [4.78, 5) is 71.4. The van der Waals surface area contributed by atoms with Gasteiger partial charge in [-0.05, 0) is 6.92 Å². The van der Waals surface area contributed by atoms with Crippen LogP contribution < -0.4 is 42.5 Å². The van der Waals surface area contributed by atoms with E-state index in [2.05, 4.69) is 81.7 Å². The van der Waals surface area contributed by atoms with Crippen LogP contribution in [-0.4, -0.2) is 89.0 Å². The Labute approximate surface area is 325 Å². The number of carbonyl (C=O) groups is 5. The predicted molar refractivity (Wildman–Crippen MR) is 206 cm³/mol. The molecule has 1 saturated heterocycles. The first-order chi connectivity index (χ1) is 24.5. The molecule has 4 N–H and O–H groups in total. The zero-order valence-corrected chi connectivity index (χ0v) is 35.7. The molecule has 5 fully saturated rings. The van der Waals surface area contributed by atoms with Gasteiger partial charge in [0.15, 0.2) is 0 Å². The molecule has 4 saturated carbocycles. The van der Waals surface area contributed by atoms with Crippen molar-refractivity contribution in [3.63, 3.8) is 0 Å². The number of likely N-dealkylation sites (tertiary alicyclic amines) is 1. The zero-order valence-electron chi connectivity index (χ0n) is 32.7. The van der Waals surface area contributed by atoms with Crippen LogP contribution in [0.5, 0.6) is 0 Å². The van der Waals surface area contributed by atoms with Crippen molar-refractivity contribution in [2.75, 3.05) is 18.8 Å². The van der Waals surface area contributed by atoms with E-state index in [9.17, 15) is 19.2 Å². The molecule has 294 valence electrons. The molecular weight excluding hydrogens is 789 g/mol. The Morgan fingerprint density at radius 1 is 0.942 bits per heavy atom. The summed E-state index contributed by atoms with van der Waals surface area (Å²) in [5, 5.41) is 14.6. The van der Waals surface area contributed by atoms with E-state index < -0.39 is 54.4 Å². The Bertz CT molecular complexity index is 1430. The second kappa shape index (κ2) is 16.4. The number of carbonyl (C=O) groups excluding carboxylic acids is 5. The SMILES string of the molecule is C=CCNC(=O)C(=O)C(NC(=O)[C@@H]1C2C(CN1C(=O)[C@@H](NC(=O)NC1(C/S(=C/C)C(C)(C)C)CCCCC1)C1(C)CCCCC1)C2(C)C)[I-]C1CC1. The maximum absolute atomic E-state index is 15.0. The number of hydrogen-bond acceptors (Lipinski definition) is 5. The van der Waals surface area contributed by atoms with Crippen LogP contribution in [0.3, 0.4) is 0 Å². The zero-order chi connectivity index (χ0) is 38.1. The van der Waals surface area contributed by atoms with E-state index in [0.717, 1.165) is 82.8 Å². The average Bonchev–Trinajstić information content (AvgIpc) is 3.95. The molecule has 0 spiro atoms. The molecule has 0 aromatic heterocycles. The summed E-state index contributed by atoms with van der Waals surface area (Å²) in [5.41, 5.74) is -0.922. The molecule has 12 heteroatoms. The molecule has 52 heavy (non-hydrogen) atoms. The number of hydrogen-bond donors (Lipinski definition) is 4. The van der Waals surface area contributed by atoms with Crippen molar-refractivity contribution < 1.29 is 45.2 Å². The van der Waals surface area contributed by atoms with E-state index in [4.69, 9.17) is 0 Å². The average molecular weight is 855 g/mol. The van der Waals surface area contributed by atoms with Gasteiger partial charge in [-0.15, -0.1) is 0 Å². The van der Waals surface area contributed by atoms with Crippen LogP contribution in [0.4, 0.5) is 4.79 Å². The summed E-state index contributed by atoms with van der Waals surface area (Å²) in [5.74, 6) is -0.911. The predicted octanol–water partition coefficient (Wildman–Crippen LogP) is 2.27. The summed E-state index contributed by atoms with van der Waals surface area (Å²) in [6.07, 6.45) is 13.4. The Morgan fingerprint density at radius 3 is 2.12 bits per heavy atom. The summed E-state index contributed by atoms with van der Waals surface area (Å²) >= 11 is -0.797. The fourth-order valence-corrected chi connectivity index (χ4v) is 14.6.